The number of anilines is 2. The molecule has 0 aliphatic rings. The van der Waals surface area contributed by atoms with Gasteiger partial charge in [-0.15, -0.1) is 0 Å². The van der Waals surface area contributed by atoms with E-state index in [1.807, 2.05) is 36.4 Å². The van der Waals surface area contributed by atoms with E-state index in [4.69, 9.17) is 0 Å². The Bertz CT molecular complexity index is 582. The zero-order chi connectivity index (χ0) is 14.4. The van der Waals surface area contributed by atoms with Crippen molar-refractivity contribution in [3.8, 4) is 5.75 Å². The molecule has 0 saturated carbocycles. The molecule has 2 aromatic carbocycles. The summed E-state index contributed by atoms with van der Waals surface area (Å²) in [6, 6.07) is 14.3. The fraction of sp³-hybridized carbons (Fsp3) is 0.133. The minimum Gasteiger partial charge on any atom is -0.508 e. The van der Waals surface area contributed by atoms with Gasteiger partial charge in [-0.1, -0.05) is 18.2 Å². The van der Waals surface area contributed by atoms with E-state index in [-0.39, 0.29) is 11.8 Å². The maximum atomic E-state index is 11.1. The molecule has 0 atom stereocenters. The predicted octanol–water partition coefficient (Wildman–Crippen LogP) is 2.76. The summed E-state index contributed by atoms with van der Waals surface area (Å²) in [7, 11) is 1.57. The number of benzene rings is 2. The highest BCUT2D eigenvalue weighted by atomic mass is 16.3. The first-order valence-electron chi connectivity index (χ1n) is 6.28. The Hall–Kier alpha value is -2.69. The molecule has 0 unspecified atom stereocenters. The van der Waals surface area contributed by atoms with Crippen LogP contribution in [0, 0.1) is 0 Å². The predicted molar refractivity (Wildman–Crippen MR) is 80.0 cm³/mol. The van der Waals surface area contributed by atoms with Gasteiger partial charge >= 0.3 is 6.03 Å². The largest absolute Gasteiger partial charge is 0.508 e. The molecule has 2 rings (SSSR count). The normalized spacial score (nSPS) is 9.85. The van der Waals surface area contributed by atoms with Crippen LogP contribution in [0.15, 0.2) is 48.5 Å². The van der Waals surface area contributed by atoms with Gasteiger partial charge in [-0.05, 0) is 30.3 Å². The van der Waals surface area contributed by atoms with Crippen molar-refractivity contribution in [2.75, 3.05) is 17.7 Å². The molecule has 5 nitrogen and oxygen atoms in total. The molecule has 4 N–H and O–H groups in total. The zero-order valence-corrected chi connectivity index (χ0v) is 11.2. The van der Waals surface area contributed by atoms with Gasteiger partial charge in [0.05, 0.1) is 0 Å². The van der Waals surface area contributed by atoms with E-state index in [1.165, 1.54) is 0 Å². The maximum Gasteiger partial charge on any atom is 0.318 e. The zero-order valence-electron chi connectivity index (χ0n) is 11.2. The van der Waals surface area contributed by atoms with E-state index in [0.717, 1.165) is 16.9 Å². The van der Waals surface area contributed by atoms with Gasteiger partial charge in [0.1, 0.15) is 5.75 Å². The molecule has 0 radical (unpaired) electrons. The van der Waals surface area contributed by atoms with Gasteiger partial charge in [0, 0.05) is 30.5 Å². The third-order valence-electron chi connectivity index (χ3n) is 2.84. The van der Waals surface area contributed by atoms with Crippen molar-refractivity contribution < 1.29 is 9.90 Å². The van der Waals surface area contributed by atoms with Crippen molar-refractivity contribution in [2.24, 2.45) is 0 Å². The minimum absolute atomic E-state index is 0.250. The Morgan fingerprint density at radius 3 is 2.35 bits per heavy atom. The standard InChI is InChI=1S/C15H17N3O2/c1-16-15(20)18-13-8-6-12(7-9-13)17-10-11-4-2-3-5-14(11)19/h2-9,17,19H,10H2,1H3,(H2,16,18,20). The van der Waals surface area contributed by atoms with Crippen LogP contribution in [-0.2, 0) is 6.54 Å². The highest BCUT2D eigenvalue weighted by molar-refractivity contribution is 5.89. The number of carbonyl (C=O) groups excluding carboxylic acids is 1. The first-order valence-corrected chi connectivity index (χ1v) is 6.28. The second-order valence-corrected chi connectivity index (χ2v) is 4.26. The Kier molecular flexibility index (Phi) is 4.44. The van der Waals surface area contributed by atoms with Gasteiger partial charge in [-0.3, -0.25) is 0 Å². The number of para-hydroxylation sites is 1. The highest BCUT2D eigenvalue weighted by Gasteiger charge is 2.01. The van der Waals surface area contributed by atoms with Crippen LogP contribution >= 0.6 is 0 Å². The number of amides is 2. The van der Waals surface area contributed by atoms with Crippen LogP contribution in [0.3, 0.4) is 0 Å². The summed E-state index contributed by atoms with van der Waals surface area (Å²) in [5, 5.41) is 18.0. The summed E-state index contributed by atoms with van der Waals surface area (Å²) in [5.74, 6) is 0.276. The van der Waals surface area contributed by atoms with E-state index in [2.05, 4.69) is 16.0 Å². The van der Waals surface area contributed by atoms with Crippen molar-refractivity contribution >= 4 is 17.4 Å². The molecule has 2 aromatic rings. The summed E-state index contributed by atoms with van der Waals surface area (Å²) < 4.78 is 0. The van der Waals surface area contributed by atoms with Crippen LogP contribution in [-0.4, -0.2) is 18.2 Å². The summed E-state index contributed by atoms with van der Waals surface area (Å²) in [6.07, 6.45) is 0. The highest BCUT2D eigenvalue weighted by Crippen LogP contribution is 2.18. The second-order valence-electron chi connectivity index (χ2n) is 4.26. The fourth-order valence-electron chi connectivity index (χ4n) is 1.72. The number of hydrogen-bond donors (Lipinski definition) is 4. The second kappa shape index (κ2) is 6.47. The average Bonchev–Trinajstić information content (AvgIpc) is 2.48. The quantitative estimate of drug-likeness (QED) is 0.691. The van der Waals surface area contributed by atoms with Crippen molar-refractivity contribution in [1.82, 2.24) is 5.32 Å². The lowest BCUT2D eigenvalue weighted by molar-refractivity contribution is 0.254. The molecule has 0 aromatic heterocycles. The number of carbonyl (C=O) groups is 1. The molecular formula is C15H17N3O2. The molecule has 2 amide bonds. The number of phenols is 1. The van der Waals surface area contributed by atoms with Crippen molar-refractivity contribution in [1.29, 1.82) is 0 Å². The Labute approximate surface area is 117 Å². The van der Waals surface area contributed by atoms with Crippen LogP contribution < -0.4 is 16.0 Å². The summed E-state index contributed by atoms with van der Waals surface area (Å²) >= 11 is 0. The molecule has 0 heterocycles. The molecular weight excluding hydrogens is 254 g/mol. The van der Waals surface area contributed by atoms with Crippen LogP contribution in [0.25, 0.3) is 0 Å². The monoisotopic (exact) mass is 271 g/mol. The number of nitrogens with one attached hydrogen (secondary N) is 3. The van der Waals surface area contributed by atoms with Gasteiger partial charge in [0.2, 0.25) is 0 Å². The first-order chi connectivity index (χ1) is 9.69. The molecule has 5 heteroatoms. The fourth-order valence-corrected chi connectivity index (χ4v) is 1.72. The summed E-state index contributed by atoms with van der Waals surface area (Å²) in [6.45, 7) is 0.537. The molecule has 0 saturated heterocycles. The van der Waals surface area contributed by atoms with E-state index in [9.17, 15) is 9.90 Å². The Morgan fingerprint density at radius 1 is 1.05 bits per heavy atom. The molecule has 0 aliphatic heterocycles. The smallest absolute Gasteiger partial charge is 0.318 e. The van der Waals surface area contributed by atoms with Gasteiger partial charge in [-0.25, -0.2) is 4.79 Å². The topological polar surface area (TPSA) is 73.4 Å². The first kappa shape index (κ1) is 13.7. The molecule has 0 bridgehead atoms. The Morgan fingerprint density at radius 2 is 1.70 bits per heavy atom. The van der Waals surface area contributed by atoms with E-state index < -0.39 is 0 Å². The van der Waals surface area contributed by atoms with Crippen molar-refractivity contribution in [3.05, 3.63) is 54.1 Å². The molecule has 0 fully saturated rings. The van der Waals surface area contributed by atoms with Gasteiger partial charge in [-0.2, -0.15) is 0 Å². The lowest BCUT2D eigenvalue weighted by Gasteiger charge is -2.09. The van der Waals surface area contributed by atoms with E-state index in [1.54, 1.807) is 19.2 Å². The number of aromatic hydroxyl groups is 1. The summed E-state index contributed by atoms with van der Waals surface area (Å²) in [4.78, 5) is 11.1. The van der Waals surface area contributed by atoms with Crippen LogP contribution in [0.5, 0.6) is 5.75 Å². The third-order valence-corrected chi connectivity index (χ3v) is 2.84. The summed E-state index contributed by atoms with van der Waals surface area (Å²) in [5.41, 5.74) is 2.47. The Balaban J connectivity index is 1.94. The number of phenolic OH excluding ortho intramolecular Hbond substituents is 1. The van der Waals surface area contributed by atoms with Crippen LogP contribution in [0.2, 0.25) is 0 Å². The molecule has 0 aliphatic carbocycles. The molecule has 104 valence electrons. The number of urea groups is 1. The minimum atomic E-state index is -0.250. The lowest BCUT2D eigenvalue weighted by atomic mass is 10.2. The maximum absolute atomic E-state index is 11.1. The SMILES string of the molecule is CNC(=O)Nc1ccc(NCc2ccccc2O)cc1. The van der Waals surface area contributed by atoms with Crippen molar-refractivity contribution in [3.63, 3.8) is 0 Å². The number of rotatable bonds is 4. The van der Waals surface area contributed by atoms with Crippen LogP contribution in [0.1, 0.15) is 5.56 Å². The van der Waals surface area contributed by atoms with Gasteiger partial charge in [0.25, 0.3) is 0 Å². The third kappa shape index (κ3) is 3.65. The van der Waals surface area contributed by atoms with Gasteiger partial charge < -0.3 is 21.1 Å². The lowest BCUT2D eigenvalue weighted by Crippen LogP contribution is -2.24. The molecule has 20 heavy (non-hydrogen) atoms. The van der Waals surface area contributed by atoms with E-state index in [0.29, 0.717) is 6.54 Å². The average molecular weight is 271 g/mol. The van der Waals surface area contributed by atoms with Crippen molar-refractivity contribution in [2.45, 2.75) is 6.54 Å². The van der Waals surface area contributed by atoms with Gasteiger partial charge in [0.15, 0.2) is 0 Å². The van der Waals surface area contributed by atoms with Crippen LogP contribution in [0.4, 0.5) is 16.2 Å². The number of hydrogen-bond acceptors (Lipinski definition) is 3. The molecule has 0 spiro atoms. The van der Waals surface area contributed by atoms with E-state index >= 15 is 0 Å².